The number of anilines is 1. The molecule has 1 aromatic carbocycles. The normalized spacial score (nSPS) is 10.1. The molecule has 0 heterocycles. The molecule has 0 aliphatic heterocycles. The minimum absolute atomic E-state index is 0.669. The van der Waals surface area contributed by atoms with E-state index in [4.69, 9.17) is 11.1 Å². The SMILES string of the molecule is CN(C)CCc1cc(C#N)ccc1NN. The highest BCUT2D eigenvalue weighted by Gasteiger charge is 2.03. The van der Waals surface area contributed by atoms with Crippen LogP contribution in [0, 0.1) is 11.3 Å². The summed E-state index contributed by atoms with van der Waals surface area (Å²) in [5.74, 6) is 5.40. The minimum Gasteiger partial charge on any atom is -0.324 e. The Hall–Kier alpha value is -1.57. The second-order valence-corrected chi connectivity index (χ2v) is 3.68. The average molecular weight is 204 g/mol. The second kappa shape index (κ2) is 5.35. The quantitative estimate of drug-likeness (QED) is 0.566. The first kappa shape index (κ1) is 11.5. The third kappa shape index (κ3) is 3.24. The van der Waals surface area contributed by atoms with Crippen molar-refractivity contribution in [2.45, 2.75) is 6.42 Å². The monoisotopic (exact) mass is 204 g/mol. The van der Waals surface area contributed by atoms with Gasteiger partial charge in [0.15, 0.2) is 0 Å². The first-order chi connectivity index (χ1) is 7.17. The fourth-order valence-corrected chi connectivity index (χ4v) is 1.35. The largest absolute Gasteiger partial charge is 0.324 e. The third-order valence-electron chi connectivity index (χ3n) is 2.22. The molecule has 0 aromatic heterocycles. The number of benzene rings is 1. The molecule has 0 aliphatic carbocycles. The molecule has 1 rings (SSSR count). The van der Waals surface area contributed by atoms with E-state index in [-0.39, 0.29) is 0 Å². The highest BCUT2D eigenvalue weighted by molar-refractivity contribution is 5.54. The van der Waals surface area contributed by atoms with Crippen LogP contribution in [-0.2, 0) is 6.42 Å². The molecule has 0 saturated heterocycles. The Morgan fingerprint density at radius 3 is 2.73 bits per heavy atom. The Morgan fingerprint density at radius 2 is 2.20 bits per heavy atom. The van der Waals surface area contributed by atoms with Crippen molar-refractivity contribution in [3.63, 3.8) is 0 Å². The van der Waals surface area contributed by atoms with E-state index in [1.54, 1.807) is 6.07 Å². The molecule has 0 amide bonds. The van der Waals surface area contributed by atoms with E-state index in [0.29, 0.717) is 5.56 Å². The number of hydrogen-bond donors (Lipinski definition) is 2. The Bertz CT molecular complexity index is 365. The van der Waals surface area contributed by atoms with Crippen LogP contribution in [0.3, 0.4) is 0 Å². The Labute approximate surface area is 90.3 Å². The number of nitrogen functional groups attached to an aromatic ring is 1. The molecule has 0 fully saturated rings. The fourth-order valence-electron chi connectivity index (χ4n) is 1.35. The molecule has 0 atom stereocenters. The van der Waals surface area contributed by atoms with Gasteiger partial charge in [-0.05, 0) is 44.3 Å². The molecule has 0 bridgehead atoms. The van der Waals surface area contributed by atoms with Gasteiger partial charge in [-0.2, -0.15) is 5.26 Å². The summed E-state index contributed by atoms with van der Waals surface area (Å²) in [4.78, 5) is 2.10. The predicted molar refractivity (Wildman–Crippen MR) is 61.2 cm³/mol. The summed E-state index contributed by atoms with van der Waals surface area (Å²) >= 11 is 0. The van der Waals surface area contributed by atoms with Crippen LogP contribution in [0.2, 0.25) is 0 Å². The van der Waals surface area contributed by atoms with Gasteiger partial charge in [-0.1, -0.05) is 0 Å². The lowest BCUT2D eigenvalue weighted by Gasteiger charge is -2.12. The number of nitrogens with zero attached hydrogens (tertiary/aromatic N) is 2. The minimum atomic E-state index is 0.669. The van der Waals surface area contributed by atoms with Crippen LogP contribution in [0.15, 0.2) is 18.2 Å². The molecule has 15 heavy (non-hydrogen) atoms. The Balaban J connectivity index is 2.87. The molecule has 80 valence electrons. The van der Waals surface area contributed by atoms with E-state index < -0.39 is 0 Å². The second-order valence-electron chi connectivity index (χ2n) is 3.68. The molecule has 0 aliphatic rings. The van der Waals surface area contributed by atoms with Crippen LogP contribution in [-0.4, -0.2) is 25.5 Å². The lowest BCUT2D eigenvalue weighted by Crippen LogP contribution is -2.17. The lowest BCUT2D eigenvalue weighted by molar-refractivity contribution is 0.414. The van der Waals surface area contributed by atoms with Crippen LogP contribution < -0.4 is 11.3 Å². The first-order valence-corrected chi connectivity index (χ1v) is 4.81. The van der Waals surface area contributed by atoms with Gasteiger partial charge < -0.3 is 10.3 Å². The van der Waals surface area contributed by atoms with Gasteiger partial charge in [0.2, 0.25) is 0 Å². The van der Waals surface area contributed by atoms with Gasteiger partial charge in [-0.25, -0.2) is 0 Å². The molecular formula is C11H16N4. The molecule has 0 radical (unpaired) electrons. The number of nitrogens with one attached hydrogen (secondary N) is 1. The van der Waals surface area contributed by atoms with Crippen molar-refractivity contribution in [3.8, 4) is 6.07 Å². The van der Waals surface area contributed by atoms with Gasteiger partial charge in [0.1, 0.15) is 0 Å². The Morgan fingerprint density at radius 1 is 1.47 bits per heavy atom. The molecule has 0 saturated carbocycles. The topological polar surface area (TPSA) is 65.1 Å². The van der Waals surface area contributed by atoms with Crippen molar-refractivity contribution in [1.29, 1.82) is 5.26 Å². The van der Waals surface area contributed by atoms with Crippen molar-refractivity contribution in [1.82, 2.24) is 4.90 Å². The van der Waals surface area contributed by atoms with Gasteiger partial charge in [0.25, 0.3) is 0 Å². The average Bonchev–Trinajstić information content (AvgIpc) is 2.25. The number of rotatable bonds is 4. The maximum absolute atomic E-state index is 8.79. The van der Waals surface area contributed by atoms with Crippen LogP contribution in [0.5, 0.6) is 0 Å². The van der Waals surface area contributed by atoms with Crippen molar-refractivity contribution >= 4 is 5.69 Å². The van der Waals surface area contributed by atoms with E-state index in [1.165, 1.54) is 0 Å². The van der Waals surface area contributed by atoms with E-state index >= 15 is 0 Å². The standard InChI is InChI=1S/C11H16N4/c1-15(2)6-5-10-7-9(8-12)3-4-11(10)14-13/h3-4,7,14H,5-6,13H2,1-2H3. The molecule has 4 nitrogen and oxygen atoms in total. The van der Waals surface area contributed by atoms with Gasteiger partial charge >= 0.3 is 0 Å². The van der Waals surface area contributed by atoms with Gasteiger partial charge in [-0.15, -0.1) is 0 Å². The zero-order chi connectivity index (χ0) is 11.3. The number of nitrogens with two attached hydrogens (primary N) is 1. The fraction of sp³-hybridized carbons (Fsp3) is 0.364. The van der Waals surface area contributed by atoms with Gasteiger partial charge in [0, 0.05) is 6.54 Å². The summed E-state index contributed by atoms with van der Waals surface area (Å²) < 4.78 is 0. The smallest absolute Gasteiger partial charge is 0.0991 e. The highest BCUT2D eigenvalue weighted by Crippen LogP contribution is 2.16. The van der Waals surface area contributed by atoms with Crippen molar-refractivity contribution in [2.24, 2.45) is 5.84 Å². The van der Waals surface area contributed by atoms with Crippen molar-refractivity contribution in [3.05, 3.63) is 29.3 Å². The molecule has 3 N–H and O–H groups in total. The summed E-state index contributed by atoms with van der Waals surface area (Å²) in [6.07, 6.45) is 0.877. The Kier molecular flexibility index (Phi) is 4.10. The van der Waals surface area contributed by atoms with Crippen LogP contribution in [0.4, 0.5) is 5.69 Å². The maximum Gasteiger partial charge on any atom is 0.0991 e. The van der Waals surface area contributed by atoms with E-state index in [1.807, 2.05) is 26.2 Å². The summed E-state index contributed by atoms with van der Waals surface area (Å²) in [6.45, 7) is 0.934. The highest BCUT2D eigenvalue weighted by atomic mass is 15.2. The van der Waals surface area contributed by atoms with E-state index in [2.05, 4.69) is 16.4 Å². The van der Waals surface area contributed by atoms with Crippen molar-refractivity contribution < 1.29 is 0 Å². The van der Waals surface area contributed by atoms with Gasteiger partial charge in [0.05, 0.1) is 17.3 Å². The molecule has 0 unspecified atom stereocenters. The summed E-state index contributed by atoms with van der Waals surface area (Å²) in [5, 5.41) is 8.79. The molecule has 0 spiro atoms. The van der Waals surface area contributed by atoms with Crippen LogP contribution in [0.25, 0.3) is 0 Å². The number of hydrazine groups is 1. The number of nitriles is 1. The zero-order valence-corrected chi connectivity index (χ0v) is 9.12. The summed E-state index contributed by atoms with van der Waals surface area (Å²) in [6, 6.07) is 7.59. The third-order valence-corrected chi connectivity index (χ3v) is 2.22. The number of likely N-dealkylation sites (N-methyl/N-ethyl adjacent to an activating group) is 1. The van der Waals surface area contributed by atoms with Gasteiger partial charge in [-0.3, -0.25) is 5.84 Å². The summed E-state index contributed by atoms with van der Waals surface area (Å²) in [5.41, 5.74) is 5.27. The zero-order valence-electron chi connectivity index (χ0n) is 9.12. The lowest BCUT2D eigenvalue weighted by atomic mass is 10.1. The molecule has 1 aromatic rings. The van der Waals surface area contributed by atoms with E-state index in [9.17, 15) is 0 Å². The maximum atomic E-state index is 8.79. The first-order valence-electron chi connectivity index (χ1n) is 4.81. The van der Waals surface area contributed by atoms with Crippen LogP contribution in [0.1, 0.15) is 11.1 Å². The van der Waals surface area contributed by atoms with E-state index in [0.717, 1.165) is 24.2 Å². The van der Waals surface area contributed by atoms with Crippen molar-refractivity contribution in [2.75, 3.05) is 26.1 Å². The molecular weight excluding hydrogens is 188 g/mol. The van der Waals surface area contributed by atoms with Crippen LogP contribution >= 0.6 is 0 Å². The molecule has 4 heteroatoms. The summed E-state index contributed by atoms with van der Waals surface area (Å²) in [7, 11) is 4.04. The predicted octanol–water partition coefficient (Wildman–Crippen LogP) is 0.948. The number of hydrogen-bond acceptors (Lipinski definition) is 4.